The Morgan fingerprint density at radius 2 is 1.16 bits per heavy atom. The second-order valence-electron chi connectivity index (χ2n) is 13.4. The van der Waals surface area contributed by atoms with Gasteiger partial charge in [0.1, 0.15) is 22.3 Å². The number of nitrogens with one attached hydrogen (secondary N) is 3. The first kappa shape index (κ1) is 29.0. The average Bonchev–Trinajstić information content (AvgIpc) is 3.88. The first-order chi connectivity index (χ1) is 25.2. The Morgan fingerprint density at radius 3 is 2.08 bits per heavy atom. The van der Waals surface area contributed by atoms with Crippen molar-refractivity contribution in [1.82, 2.24) is 16.0 Å². The van der Waals surface area contributed by atoms with Crippen LogP contribution in [0.25, 0.3) is 75.2 Å². The maximum atomic E-state index is 6.83. The van der Waals surface area contributed by atoms with Gasteiger partial charge in [-0.15, -0.1) is 11.3 Å². The van der Waals surface area contributed by atoms with Crippen LogP contribution in [0.3, 0.4) is 0 Å². The van der Waals surface area contributed by atoms with Gasteiger partial charge in [0, 0.05) is 47.3 Å². The Balaban J connectivity index is 1.02. The van der Waals surface area contributed by atoms with Crippen LogP contribution in [0.4, 0.5) is 0 Å². The van der Waals surface area contributed by atoms with Crippen molar-refractivity contribution in [2.24, 2.45) is 0 Å². The van der Waals surface area contributed by atoms with Crippen LogP contribution in [0, 0.1) is 0 Å². The number of fused-ring (bicyclic) bond motifs is 9. The molecule has 1 fully saturated rings. The van der Waals surface area contributed by atoms with Gasteiger partial charge in [0.15, 0.2) is 0 Å². The number of furan rings is 2. The second-order valence-corrected chi connectivity index (χ2v) is 14.5. The van der Waals surface area contributed by atoms with Crippen LogP contribution >= 0.6 is 11.3 Å². The monoisotopic (exact) mass is 677 g/mol. The molecule has 0 saturated carbocycles. The third-order valence-corrected chi connectivity index (χ3v) is 11.6. The van der Waals surface area contributed by atoms with Crippen LogP contribution in [-0.2, 0) is 0 Å². The van der Waals surface area contributed by atoms with Crippen molar-refractivity contribution in [3.63, 3.8) is 0 Å². The molecule has 1 aliphatic heterocycles. The van der Waals surface area contributed by atoms with Gasteiger partial charge in [-0.2, -0.15) is 0 Å². The van der Waals surface area contributed by atoms with E-state index in [0.717, 1.165) is 60.6 Å². The average molecular weight is 678 g/mol. The fraction of sp³-hybridized carbons (Fsp3) is 0.0667. The lowest BCUT2D eigenvalue weighted by Gasteiger charge is -2.39. The molecule has 3 aromatic heterocycles. The highest BCUT2D eigenvalue weighted by Crippen LogP contribution is 2.41. The van der Waals surface area contributed by atoms with E-state index in [4.69, 9.17) is 8.83 Å². The molecule has 0 spiro atoms. The SMILES string of the molecule is c1ccc(C2NC(c3ccc4sc5ccccc5c4c3)NC(c3cccc4c3oc3cc(-c5cccc6oc7ccccc7c56)ccc34)N2)cc1. The molecule has 51 heavy (non-hydrogen) atoms. The van der Waals surface area contributed by atoms with Gasteiger partial charge >= 0.3 is 0 Å². The van der Waals surface area contributed by atoms with Crippen LogP contribution in [0.15, 0.2) is 160 Å². The lowest BCUT2D eigenvalue weighted by molar-refractivity contribution is 0.203. The highest BCUT2D eigenvalue weighted by Gasteiger charge is 2.31. The number of rotatable bonds is 4. The highest BCUT2D eigenvalue weighted by molar-refractivity contribution is 7.25. The molecule has 3 N–H and O–H groups in total. The largest absolute Gasteiger partial charge is 0.456 e. The van der Waals surface area contributed by atoms with Crippen molar-refractivity contribution in [2.75, 3.05) is 0 Å². The van der Waals surface area contributed by atoms with Gasteiger partial charge < -0.3 is 8.83 Å². The minimum atomic E-state index is -0.189. The summed E-state index contributed by atoms with van der Waals surface area (Å²) in [5.74, 6) is 0. The molecular weight excluding hydrogens is 647 g/mol. The smallest absolute Gasteiger partial charge is 0.141 e. The maximum absolute atomic E-state index is 6.83. The fourth-order valence-electron chi connectivity index (χ4n) is 8.01. The van der Waals surface area contributed by atoms with Crippen LogP contribution in [0.1, 0.15) is 35.2 Å². The molecule has 11 rings (SSSR count). The number of benzene rings is 7. The molecule has 0 amide bonds. The zero-order valence-electron chi connectivity index (χ0n) is 27.4. The Labute approximate surface area is 297 Å². The van der Waals surface area contributed by atoms with E-state index < -0.39 is 0 Å². The van der Waals surface area contributed by atoms with Crippen LogP contribution in [0.5, 0.6) is 0 Å². The molecule has 5 nitrogen and oxygen atoms in total. The summed E-state index contributed by atoms with van der Waals surface area (Å²) in [7, 11) is 0. The van der Waals surface area contributed by atoms with Crippen molar-refractivity contribution in [2.45, 2.75) is 18.5 Å². The van der Waals surface area contributed by atoms with E-state index >= 15 is 0 Å². The number of para-hydroxylation sites is 2. The summed E-state index contributed by atoms with van der Waals surface area (Å²) >= 11 is 1.85. The highest BCUT2D eigenvalue weighted by atomic mass is 32.1. The zero-order chi connectivity index (χ0) is 33.5. The zero-order valence-corrected chi connectivity index (χ0v) is 28.2. The van der Waals surface area contributed by atoms with E-state index in [0.29, 0.717) is 0 Å². The fourth-order valence-corrected chi connectivity index (χ4v) is 9.09. The van der Waals surface area contributed by atoms with Gasteiger partial charge in [-0.3, -0.25) is 16.0 Å². The van der Waals surface area contributed by atoms with E-state index in [2.05, 4.69) is 149 Å². The molecule has 7 aromatic carbocycles. The van der Waals surface area contributed by atoms with Crippen molar-refractivity contribution in [3.8, 4) is 11.1 Å². The first-order valence-corrected chi connectivity index (χ1v) is 18.2. The molecule has 244 valence electrons. The summed E-state index contributed by atoms with van der Waals surface area (Å²) < 4.78 is 15.7. The summed E-state index contributed by atoms with van der Waals surface area (Å²) in [4.78, 5) is 0. The van der Waals surface area contributed by atoms with Gasteiger partial charge in [0.05, 0.1) is 18.5 Å². The van der Waals surface area contributed by atoms with Gasteiger partial charge in [0.2, 0.25) is 0 Å². The summed E-state index contributed by atoms with van der Waals surface area (Å²) in [5, 5.41) is 18.7. The molecular formula is C45H31N3O2S. The molecule has 3 unspecified atom stereocenters. The Kier molecular flexibility index (Phi) is 6.48. The first-order valence-electron chi connectivity index (χ1n) is 17.4. The maximum Gasteiger partial charge on any atom is 0.141 e. The quantitative estimate of drug-likeness (QED) is 0.173. The topological polar surface area (TPSA) is 62.4 Å². The van der Waals surface area contributed by atoms with E-state index in [1.54, 1.807) is 0 Å². The van der Waals surface area contributed by atoms with E-state index in [-0.39, 0.29) is 18.5 Å². The molecule has 0 aliphatic carbocycles. The van der Waals surface area contributed by atoms with Gasteiger partial charge in [-0.25, -0.2) is 0 Å². The summed E-state index contributed by atoms with van der Waals surface area (Å²) in [6.45, 7) is 0. The summed E-state index contributed by atoms with van der Waals surface area (Å²) in [6, 6.07) is 53.7. The normalized spacial score (nSPS) is 18.2. The van der Waals surface area contributed by atoms with E-state index in [1.165, 1.54) is 31.3 Å². The molecule has 3 atom stereocenters. The molecule has 10 aromatic rings. The Morgan fingerprint density at radius 1 is 0.431 bits per heavy atom. The Hall–Kier alpha value is -5.76. The number of hydrogen-bond donors (Lipinski definition) is 3. The second kappa shape index (κ2) is 11.4. The van der Waals surface area contributed by atoms with Gasteiger partial charge in [0.25, 0.3) is 0 Å². The third-order valence-electron chi connectivity index (χ3n) is 10.4. The van der Waals surface area contributed by atoms with Crippen molar-refractivity contribution in [3.05, 3.63) is 168 Å². The molecule has 4 heterocycles. The summed E-state index contributed by atoms with van der Waals surface area (Å²) in [5.41, 5.74) is 9.20. The van der Waals surface area contributed by atoms with Gasteiger partial charge in [-0.1, -0.05) is 109 Å². The van der Waals surface area contributed by atoms with Crippen molar-refractivity contribution >= 4 is 75.4 Å². The van der Waals surface area contributed by atoms with Crippen LogP contribution in [-0.4, -0.2) is 0 Å². The summed E-state index contributed by atoms with van der Waals surface area (Å²) in [6.07, 6.45) is -0.388. The Bertz CT molecular complexity index is 2940. The number of hydrogen-bond acceptors (Lipinski definition) is 6. The van der Waals surface area contributed by atoms with Crippen LogP contribution in [0.2, 0.25) is 0 Å². The molecule has 1 saturated heterocycles. The minimum Gasteiger partial charge on any atom is -0.456 e. The third kappa shape index (κ3) is 4.65. The molecule has 1 aliphatic rings. The lowest BCUT2D eigenvalue weighted by atomic mass is 9.98. The predicted octanol–water partition coefficient (Wildman–Crippen LogP) is 11.7. The number of thiophene rings is 1. The molecule has 6 heteroatoms. The van der Waals surface area contributed by atoms with E-state index in [9.17, 15) is 0 Å². The minimum absolute atomic E-state index is 0.0890. The molecule has 0 radical (unpaired) electrons. The predicted molar refractivity (Wildman–Crippen MR) is 210 cm³/mol. The standard InChI is InChI=1S/C45H31N3O2S/c1-2-10-26(11-3-1)43-46-44(28-21-23-40-35(24-28)31-12-5-7-19-39(31)51-40)48-45(47-43)34-16-8-15-32-30-22-20-27(25-38(30)50-42(32)34)29-14-9-18-37-41(29)33-13-4-6-17-36(33)49-37/h1-25,43-48H. The van der Waals surface area contributed by atoms with Crippen molar-refractivity contribution < 1.29 is 8.83 Å². The molecule has 0 bridgehead atoms. The lowest BCUT2D eigenvalue weighted by Crippen LogP contribution is -2.54. The van der Waals surface area contributed by atoms with Gasteiger partial charge in [-0.05, 0) is 64.7 Å². The van der Waals surface area contributed by atoms with Crippen molar-refractivity contribution in [1.29, 1.82) is 0 Å². The van der Waals surface area contributed by atoms with Crippen LogP contribution < -0.4 is 16.0 Å². The van der Waals surface area contributed by atoms with E-state index in [1.807, 2.05) is 29.5 Å².